The molecule has 1 aliphatic rings. The quantitative estimate of drug-likeness (QED) is 0.181. The van der Waals surface area contributed by atoms with E-state index < -0.39 is 11.9 Å². The van der Waals surface area contributed by atoms with Crippen LogP contribution in [0.15, 0.2) is 107 Å². The molecular formula is C34H26N2O5. The molecular weight excluding hydrogens is 516 g/mol. The molecule has 202 valence electrons. The number of hydrogen-bond acceptors (Lipinski definition) is 7. The highest BCUT2D eigenvalue weighted by Crippen LogP contribution is 2.44. The third kappa shape index (κ3) is 4.99. The maximum atomic E-state index is 13.0. The number of rotatable bonds is 6. The van der Waals surface area contributed by atoms with E-state index in [-0.39, 0.29) is 23.0 Å². The first kappa shape index (κ1) is 25.8. The number of allylic oxidation sites excluding steroid dienone is 1. The van der Waals surface area contributed by atoms with Crippen molar-refractivity contribution in [1.29, 1.82) is 5.26 Å². The van der Waals surface area contributed by atoms with Crippen molar-refractivity contribution < 1.29 is 23.4 Å². The second-order valence-electron chi connectivity index (χ2n) is 9.91. The molecule has 7 heteroatoms. The van der Waals surface area contributed by atoms with Crippen LogP contribution < -0.4 is 19.9 Å². The molecule has 41 heavy (non-hydrogen) atoms. The number of benzene rings is 4. The normalized spacial score (nSPS) is 14.2. The average Bonchev–Trinajstić information content (AvgIpc) is 3.32. The number of para-hydroxylation sites is 1. The molecule has 0 amide bonds. The van der Waals surface area contributed by atoms with Crippen molar-refractivity contribution in [1.82, 2.24) is 0 Å². The van der Waals surface area contributed by atoms with E-state index in [9.17, 15) is 10.1 Å². The molecule has 0 fully saturated rings. The number of furan rings is 1. The Bertz CT molecular complexity index is 1860. The van der Waals surface area contributed by atoms with Crippen molar-refractivity contribution in [3.63, 3.8) is 0 Å². The van der Waals surface area contributed by atoms with Crippen LogP contribution in [0.25, 0.3) is 11.0 Å². The van der Waals surface area contributed by atoms with Gasteiger partial charge in [0.2, 0.25) is 11.6 Å². The summed E-state index contributed by atoms with van der Waals surface area (Å²) in [6.07, 6.45) is 0. The van der Waals surface area contributed by atoms with Gasteiger partial charge in [0, 0.05) is 22.6 Å². The van der Waals surface area contributed by atoms with Gasteiger partial charge in [0.1, 0.15) is 41.1 Å². The molecule has 2 heterocycles. The topological polar surface area (TPSA) is 108 Å². The molecule has 0 spiro atoms. The predicted octanol–water partition coefficient (Wildman–Crippen LogP) is 7.07. The van der Waals surface area contributed by atoms with Gasteiger partial charge in [-0.1, -0.05) is 66.2 Å². The molecule has 0 bridgehead atoms. The van der Waals surface area contributed by atoms with Gasteiger partial charge in [-0.25, -0.2) is 4.79 Å². The molecule has 0 saturated heterocycles. The predicted molar refractivity (Wildman–Crippen MR) is 154 cm³/mol. The van der Waals surface area contributed by atoms with Crippen LogP contribution in [0.1, 0.15) is 44.3 Å². The average molecular weight is 543 g/mol. The van der Waals surface area contributed by atoms with Crippen LogP contribution in [0.2, 0.25) is 0 Å². The highest BCUT2D eigenvalue weighted by molar-refractivity contribution is 5.96. The second kappa shape index (κ2) is 10.6. The van der Waals surface area contributed by atoms with Crippen molar-refractivity contribution in [2.75, 3.05) is 0 Å². The molecule has 2 N–H and O–H groups in total. The van der Waals surface area contributed by atoms with Gasteiger partial charge in [-0.15, -0.1) is 0 Å². The summed E-state index contributed by atoms with van der Waals surface area (Å²) in [5.74, 6) is 0.335. The van der Waals surface area contributed by atoms with Crippen LogP contribution in [-0.4, -0.2) is 5.97 Å². The van der Waals surface area contributed by atoms with Gasteiger partial charge in [-0.05, 0) is 49.2 Å². The summed E-state index contributed by atoms with van der Waals surface area (Å²) in [7, 11) is 0. The Hall–Kier alpha value is -5.48. The summed E-state index contributed by atoms with van der Waals surface area (Å²) in [4.78, 5) is 13.0. The van der Waals surface area contributed by atoms with Gasteiger partial charge >= 0.3 is 5.97 Å². The van der Waals surface area contributed by atoms with Gasteiger partial charge in [0.15, 0.2) is 0 Å². The van der Waals surface area contributed by atoms with Crippen LogP contribution in [-0.2, 0) is 6.61 Å². The zero-order valence-electron chi connectivity index (χ0n) is 22.5. The number of carbonyl (C=O) groups is 1. The first-order chi connectivity index (χ1) is 19.9. The van der Waals surface area contributed by atoms with E-state index in [0.29, 0.717) is 34.8 Å². The zero-order chi connectivity index (χ0) is 28.5. The van der Waals surface area contributed by atoms with Crippen molar-refractivity contribution in [3.05, 3.63) is 136 Å². The van der Waals surface area contributed by atoms with Gasteiger partial charge in [-0.3, -0.25) is 0 Å². The van der Waals surface area contributed by atoms with Gasteiger partial charge in [-0.2, -0.15) is 5.26 Å². The van der Waals surface area contributed by atoms with Crippen molar-refractivity contribution >= 4 is 16.9 Å². The Kier molecular flexibility index (Phi) is 6.66. The number of nitriles is 1. The van der Waals surface area contributed by atoms with E-state index in [1.54, 1.807) is 24.3 Å². The van der Waals surface area contributed by atoms with E-state index in [1.807, 2.05) is 80.6 Å². The summed E-state index contributed by atoms with van der Waals surface area (Å²) in [6, 6.07) is 30.4. The van der Waals surface area contributed by atoms with Crippen LogP contribution in [0, 0.1) is 25.2 Å². The highest BCUT2D eigenvalue weighted by Gasteiger charge is 2.31. The molecule has 1 atom stereocenters. The number of carbonyl (C=O) groups excluding carboxylic acids is 1. The summed E-state index contributed by atoms with van der Waals surface area (Å²) >= 11 is 0. The third-order valence-corrected chi connectivity index (χ3v) is 7.15. The highest BCUT2D eigenvalue weighted by atomic mass is 16.5. The molecule has 5 aromatic rings. The molecule has 0 radical (unpaired) electrons. The number of nitrogens with two attached hydrogens (primary N) is 1. The van der Waals surface area contributed by atoms with E-state index in [2.05, 4.69) is 6.07 Å². The number of esters is 1. The molecule has 7 nitrogen and oxygen atoms in total. The zero-order valence-corrected chi connectivity index (χ0v) is 22.5. The maximum Gasteiger partial charge on any atom is 0.379 e. The minimum Gasteiger partial charge on any atom is -0.489 e. The molecule has 6 rings (SSSR count). The lowest BCUT2D eigenvalue weighted by Gasteiger charge is -2.27. The van der Waals surface area contributed by atoms with E-state index in [1.165, 1.54) is 5.56 Å². The monoisotopic (exact) mass is 542 g/mol. The van der Waals surface area contributed by atoms with E-state index >= 15 is 0 Å². The van der Waals surface area contributed by atoms with Crippen molar-refractivity contribution in [3.8, 4) is 23.3 Å². The first-order valence-corrected chi connectivity index (χ1v) is 13.1. The number of fused-ring (bicyclic) bond motifs is 2. The Balaban J connectivity index is 1.27. The third-order valence-electron chi connectivity index (χ3n) is 7.15. The Labute approximate surface area is 237 Å². The Morgan fingerprint density at radius 3 is 2.54 bits per heavy atom. The molecule has 0 saturated carbocycles. The summed E-state index contributed by atoms with van der Waals surface area (Å²) in [6.45, 7) is 4.27. The van der Waals surface area contributed by atoms with Crippen LogP contribution >= 0.6 is 0 Å². The molecule has 4 aromatic carbocycles. The summed E-state index contributed by atoms with van der Waals surface area (Å²) in [5.41, 5.74) is 11.6. The van der Waals surface area contributed by atoms with Crippen LogP contribution in [0.5, 0.6) is 17.2 Å². The van der Waals surface area contributed by atoms with E-state index in [0.717, 1.165) is 16.5 Å². The number of nitrogens with zero attached hydrogens (tertiary/aromatic N) is 1. The summed E-state index contributed by atoms with van der Waals surface area (Å²) in [5, 5.41) is 10.8. The van der Waals surface area contributed by atoms with Crippen molar-refractivity contribution in [2.45, 2.75) is 26.4 Å². The van der Waals surface area contributed by atoms with Crippen molar-refractivity contribution in [2.24, 2.45) is 5.73 Å². The van der Waals surface area contributed by atoms with Gasteiger partial charge in [0.25, 0.3) is 0 Å². The lowest BCUT2D eigenvalue weighted by molar-refractivity contribution is 0.0702. The molecule has 0 aliphatic carbocycles. The largest absolute Gasteiger partial charge is 0.489 e. The Morgan fingerprint density at radius 1 is 0.951 bits per heavy atom. The SMILES string of the molecule is Cc1ccc(COc2cccc(C3C(C#N)=C(N)Oc4cc(OC(=O)c5oc6ccccc6c5C)ccc43)c2)cc1. The maximum absolute atomic E-state index is 13.0. The van der Waals surface area contributed by atoms with Gasteiger partial charge < -0.3 is 24.4 Å². The van der Waals surface area contributed by atoms with Gasteiger partial charge in [0.05, 0.1) is 5.92 Å². The lowest BCUT2D eigenvalue weighted by atomic mass is 9.83. The van der Waals surface area contributed by atoms with Crippen LogP contribution in [0.3, 0.4) is 0 Å². The second-order valence-corrected chi connectivity index (χ2v) is 9.91. The number of hydrogen-bond donors (Lipinski definition) is 1. The minimum atomic E-state index is -0.620. The first-order valence-electron chi connectivity index (χ1n) is 13.1. The molecule has 1 aliphatic heterocycles. The fourth-order valence-corrected chi connectivity index (χ4v) is 5.00. The number of ether oxygens (including phenoxy) is 3. The van der Waals surface area contributed by atoms with Crippen LogP contribution in [0.4, 0.5) is 0 Å². The molecule has 1 unspecified atom stereocenters. The molecule has 1 aromatic heterocycles. The lowest BCUT2D eigenvalue weighted by Crippen LogP contribution is -2.21. The minimum absolute atomic E-state index is 0.00687. The Morgan fingerprint density at radius 2 is 1.76 bits per heavy atom. The summed E-state index contributed by atoms with van der Waals surface area (Å²) < 4.78 is 23.3. The fourth-order valence-electron chi connectivity index (χ4n) is 5.00. The fraction of sp³-hybridized carbons (Fsp3) is 0.118. The van der Waals surface area contributed by atoms with E-state index in [4.69, 9.17) is 24.4 Å². The smallest absolute Gasteiger partial charge is 0.379 e. The standard InChI is InChI=1S/C34H26N2O5/c1-20-10-12-22(13-11-20)19-38-24-7-5-6-23(16-24)31-27-15-14-25(17-30(27)41-33(36)28(31)18-35)39-34(37)32-21(2)26-8-3-4-9-29(26)40-32/h3-17,31H,19,36H2,1-2H3. The number of aryl methyl sites for hydroxylation is 2.